The molecule has 1 aliphatic rings. The zero-order valence-corrected chi connectivity index (χ0v) is 15.3. The number of amides is 1. The van der Waals surface area contributed by atoms with E-state index < -0.39 is 18.7 Å². The second-order valence-corrected chi connectivity index (χ2v) is 6.00. The fraction of sp³-hybridized carbons (Fsp3) is 0.600. The first-order valence-electron chi connectivity index (χ1n) is 7.43. The van der Waals surface area contributed by atoms with Crippen LogP contribution in [0, 0.1) is 5.41 Å². The molecule has 5 nitrogen and oxygen atoms in total. The third-order valence-electron chi connectivity index (χ3n) is 3.87. The Morgan fingerprint density at radius 2 is 2.00 bits per heavy atom. The Hall–Kier alpha value is -1.25. The van der Waals surface area contributed by atoms with Crippen LogP contribution in [0.4, 0.5) is 13.2 Å². The molecule has 2 heterocycles. The Morgan fingerprint density at radius 1 is 1.36 bits per heavy atom. The summed E-state index contributed by atoms with van der Waals surface area (Å²) in [6.07, 6.45) is -1.33. The van der Waals surface area contributed by atoms with Crippen LogP contribution in [0.1, 0.15) is 30.1 Å². The van der Waals surface area contributed by atoms with Gasteiger partial charge in [-0.3, -0.25) is 4.79 Å². The number of ether oxygens (including phenoxy) is 1. The molecular weight excluding hydrogens is 382 g/mol. The number of carbonyl (C=O) groups excluding carboxylic acids is 1. The lowest BCUT2D eigenvalue weighted by molar-refractivity contribution is -0.154. The van der Waals surface area contributed by atoms with Gasteiger partial charge in [0.15, 0.2) is 6.61 Å². The summed E-state index contributed by atoms with van der Waals surface area (Å²) in [5.74, 6) is -0.784. The van der Waals surface area contributed by atoms with Gasteiger partial charge < -0.3 is 15.4 Å². The molecule has 0 aliphatic carbocycles. The quantitative estimate of drug-likeness (QED) is 0.792. The van der Waals surface area contributed by atoms with Gasteiger partial charge in [-0.1, -0.05) is 6.92 Å². The van der Waals surface area contributed by atoms with Crippen LogP contribution in [0.15, 0.2) is 18.3 Å². The van der Waals surface area contributed by atoms with Crippen LogP contribution in [0.3, 0.4) is 0 Å². The van der Waals surface area contributed by atoms with E-state index in [1.165, 1.54) is 18.3 Å². The third-order valence-corrected chi connectivity index (χ3v) is 3.87. The van der Waals surface area contributed by atoms with Crippen molar-refractivity contribution < 1.29 is 22.7 Å². The molecule has 1 aliphatic heterocycles. The number of hydrogen-bond donors (Lipinski definition) is 2. The molecule has 10 heteroatoms. The average Bonchev–Trinajstić information content (AvgIpc) is 2.51. The Bertz CT molecular complexity index is 553. The highest BCUT2D eigenvalue weighted by molar-refractivity contribution is 5.96. The molecule has 0 unspecified atom stereocenters. The molecule has 1 saturated heterocycles. The summed E-state index contributed by atoms with van der Waals surface area (Å²) in [6.45, 7) is 2.84. The highest BCUT2D eigenvalue weighted by atomic mass is 35.5. The maximum Gasteiger partial charge on any atom is 0.422 e. The van der Waals surface area contributed by atoms with Crippen molar-refractivity contribution in [3.63, 3.8) is 0 Å². The van der Waals surface area contributed by atoms with Crippen LogP contribution in [0.5, 0.6) is 5.88 Å². The molecule has 0 radical (unpaired) electrons. The number of hydrogen-bond acceptors (Lipinski definition) is 4. The van der Waals surface area contributed by atoms with Gasteiger partial charge >= 0.3 is 6.18 Å². The molecule has 1 aromatic rings. The Morgan fingerprint density at radius 3 is 2.60 bits per heavy atom. The molecule has 1 amide bonds. The van der Waals surface area contributed by atoms with Crippen molar-refractivity contribution in [3.05, 3.63) is 23.9 Å². The van der Waals surface area contributed by atoms with Gasteiger partial charge in [0.1, 0.15) is 5.56 Å². The van der Waals surface area contributed by atoms with Crippen molar-refractivity contribution >= 4 is 30.7 Å². The standard InChI is InChI=1S/C15H20F3N3O2.2ClH/c1-14(4-7-19-8-5-14)9-21-12(22)11-3-2-6-20-13(11)23-10-15(16,17)18;;/h2-3,6,19H,4-5,7-10H2,1H3,(H,21,22);2*1H. The zero-order valence-electron chi connectivity index (χ0n) is 13.7. The van der Waals surface area contributed by atoms with Crippen LogP contribution in [0.25, 0.3) is 0 Å². The molecule has 0 spiro atoms. The van der Waals surface area contributed by atoms with Crippen LogP contribution in [-0.2, 0) is 0 Å². The molecule has 25 heavy (non-hydrogen) atoms. The number of carbonyl (C=O) groups is 1. The van der Waals surface area contributed by atoms with Crippen LogP contribution < -0.4 is 15.4 Å². The Kier molecular flexibility index (Phi) is 9.53. The average molecular weight is 404 g/mol. The van der Waals surface area contributed by atoms with Crippen molar-refractivity contribution in [1.82, 2.24) is 15.6 Å². The van der Waals surface area contributed by atoms with E-state index in [9.17, 15) is 18.0 Å². The summed E-state index contributed by atoms with van der Waals surface area (Å²) < 4.78 is 41.4. The van der Waals surface area contributed by atoms with Gasteiger partial charge in [-0.2, -0.15) is 13.2 Å². The van der Waals surface area contributed by atoms with E-state index >= 15 is 0 Å². The van der Waals surface area contributed by atoms with Crippen LogP contribution >= 0.6 is 24.8 Å². The van der Waals surface area contributed by atoms with Crippen molar-refractivity contribution in [3.8, 4) is 5.88 Å². The lowest BCUT2D eigenvalue weighted by atomic mass is 9.81. The van der Waals surface area contributed by atoms with Crippen molar-refractivity contribution in [2.75, 3.05) is 26.2 Å². The lowest BCUT2D eigenvalue weighted by Gasteiger charge is -2.34. The van der Waals surface area contributed by atoms with Gasteiger partial charge in [0, 0.05) is 12.7 Å². The minimum absolute atomic E-state index is 0. The number of nitrogens with one attached hydrogen (secondary N) is 2. The fourth-order valence-electron chi connectivity index (χ4n) is 2.42. The topological polar surface area (TPSA) is 63.2 Å². The second kappa shape index (κ2) is 10.0. The number of halogens is 5. The monoisotopic (exact) mass is 403 g/mol. The summed E-state index contributed by atoms with van der Waals surface area (Å²) in [7, 11) is 0. The van der Waals surface area contributed by atoms with Gasteiger partial charge in [-0.15, -0.1) is 24.8 Å². The van der Waals surface area contributed by atoms with Crippen molar-refractivity contribution in [2.45, 2.75) is 25.9 Å². The van der Waals surface area contributed by atoms with E-state index in [0.717, 1.165) is 25.9 Å². The van der Waals surface area contributed by atoms with Gasteiger partial charge in [-0.25, -0.2) is 4.98 Å². The highest BCUT2D eigenvalue weighted by Gasteiger charge is 2.30. The molecule has 1 aromatic heterocycles. The minimum atomic E-state index is -4.48. The molecule has 0 aromatic carbocycles. The number of rotatable bonds is 5. The molecule has 1 fully saturated rings. The van der Waals surface area contributed by atoms with E-state index in [1.807, 2.05) is 0 Å². The predicted molar refractivity (Wildman–Crippen MR) is 92.8 cm³/mol. The summed E-state index contributed by atoms with van der Waals surface area (Å²) in [6, 6.07) is 2.89. The number of nitrogens with zero attached hydrogens (tertiary/aromatic N) is 1. The third kappa shape index (κ3) is 7.66. The largest absolute Gasteiger partial charge is 0.467 e. The highest BCUT2D eigenvalue weighted by Crippen LogP contribution is 2.27. The van der Waals surface area contributed by atoms with E-state index in [2.05, 4.69) is 27.3 Å². The lowest BCUT2D eigenvalue weighted by Crippen LogP contribution is -2.43. The summed E-state index contributed by atoms with van der Waals surface area (Å²) >= 11 is 0. The molecule has 2 N–H and O–H groups in total. The van der Waals surface area contributed by atoms with E-state index in [1.54, 1.807) is 0 Å². The van der Waals surface area contributed by atoms with E-state index in [0.29, 0.717) is 6.54 Å². The van der Waals surface area contributed by atoms with Gasteiger partial charge in [-0.05, 0) is 43.5 Å². The number of piperidine rings is 1. The molecule has 2 rings (SSSR count). The summed E-state index contributed by atoms with van der Waals surface area (Å²) in [5.41, 5.74) is -0.00915. The molecule has 0 bridgehead atoms. The second-order valence-electron chi connectivity index (χ2n) is 6.00. The van der Waals surface area contributed by atoms with Gasteiger partial charge in [0.25, 0.3) is 5.91 Å². The van der Waals surface area contributed by atoms with Crippen LogP contribution in [0.2, 0.25) is 0 Å². The van der Waals surface area contributed by atoms with Crippen molar-refractivity contribution in [2.24, 2.45) is 5.41 Å². The van der Waals surface area contributed by atoms with E-state index in [4.69, 9.17) is 0 Å². The smallest absolute Gasteiger partial charge is 0.422 e. The SMILES string of the molecule is CC1(CNC(=O)c2cccnc2OCC(F)(F)F)CCNCC1.Cl.Cl. The summed E-state index contributed by atoms with van der Waals surface area (Å²) in [5, 5.41) is 6.03. The van der Waals surface area contributed by atoms with Gasteiger partial charge in [0.05, 0.1) is 0 Å². The molecule has 144 valence electrons. The number of pyridine rings is 1. The molecular formula is C15H22Cl2F3N3O2. The molecule has 0 saturated carbocycles. The van der Waals surface area contributed by atoms with E-state index in [-0.39, 0.29) is 41.7 Å². The maximum absolute atomic E-state index is 12.3. The first-order valence-corrected chi connectivity index (χ1v) is 7.43. The Labute approximate surface area is 156 Å². The number of aromatic nitrogens is 1. The fourth-order valence-corrected chi connectivity index (χ4v) is 2.42. The summed E-state index contributed by atoms with van der Waals surface area (Å²) in [4.78, 5) is 16.0. The van der Waals surface area contributed by atoms with Crippen molar-refractivity contribution in [1.29, 1.82) is 0 Å². The first-order chi connectivity index (χ1) is 10.8. The zero-order chi connectivity index (χ0) is 16.9. The Balaban J connectivity index is 0.00000288. The molecule has 0 atom stereocenters. The van der Waals surface area contributed by atoms with Gasteiger partial charge in [0.2, 0.25) is 5.88 Å². The normalized spacial score (nSPS) is 16.2. The minimum Gasteiger partial charge on any atom is -0.467 e. The number of alkyl halides is 3. The van der Waals surface area contributed by atoms with Crippen LogP contribution in [-0.4, -0.2) is 43.3 Å². The maximum atomic E-state index is 12.3. The predicted octanol–water partition coefficient (Wildman–Crippen LogP) is 2.99. The first kappa shape index (κ1) is 23.8.